The summed E-state index contributed by atoms with van der Waals surface area (Å²) >= 11 is 3.59. The van der Waals surface area contributed by atoms with E-state index in [0.29, 0.717) is 18.0 Å². The van der Waals surface area contributed by atoms with Crippen LogP contribution in [0.4, 0.5) is 11.4 Å². The van der Waals surface area contributed by atoms with Crippen molar-refractivity contribution >= 4 is 33.2 Å². The van der Waals surface area contributed by atoms with Gasteiger partial charge in [0.2, 0.25) is 5.91 Å². The van der Waals surface area contributed by atoms with Crippen LogP contribution >= 0.6 is 15.9 Å². The smallest absolute Gasteiger partial charge is 0.221 e. The van der Waals surface area contributed by atoms with Crippen molar-refractivity contribution in [3.05, 3.63) is 46.4 Å². The number of carbonyl (C=O) groups is 1. The third-order valence-electron chi connectivity index (χ3n) is 3.38. The third-order valence-corrected chi connectivity index (χ3v) is 4.12. The Hall–Kier alpha value is -2.21. The highest BCUT2D eigenvalue weighted by molar-refractivity contribution is 9.10. The second-order valence-corrected chi connectivity index (χ2v) is 6.73. The minimum atomic E-state index is -0.0829. The molecular formula is C19H23BrN2O3. The summed E-state index contributed by atoms with van der Waals surface area (Å²) in [7, 11) is 1.63. The van der Waals surface area contributed by atoms with Crippen LogP contribution in [0.15, 0.2) is 40.9 Å². The number of anilines is 2. The maximum Gasteiger partial charge on any atom is 0.221 e. The van der Waals surface area contributed by atoms with Crippen LogP contribution in [0.1, 0.15) is 26.3 Å². The van der Waals surface area contributed by atoms with Gasteiger partial charge in [0, 0.05) is 29.3 Å². The molecule has 0 saturated carbocycles. The fourth-order valence-corrected chi connectivity index (χ4v) is 2.75. The summed E-state index contributed by atoms with van der Waals surface area (Å²) in [5.74, 6) is 1.34. The average Bonchev–Trinajstić information content (AvgIpc) is 2.54. The van der Waals surface area contributed by atoms with Crippen LogP contribution in [0.5, 0.6) is 11.5 Å². The predicted molar refractivity (Wildman–Crippen MR) is 105 cm³/mol. The number of methoxy groups -OCH3 is 1. The molecule has 1 amide bonds. The van der Waals surface area contributed by atoms with Crippen molar-refractivity contribution in [3.8, 4) is 11.5 Å². The monoisotopic (exact) mass is 406 g/mol. The van der Waals surface area contributed by atoms with Gasteiger partial charge in [-0.15, -0.1) is 0 Å². The standard InChI is InChI=1S/C19H23BrN2O3/c1-12(2)25-19-10-17(20)14(9-18(19)24-4)11-21-15-5-7-16(8-6-15)22-13(3)23/h5-10,12,21H,11H2,1-4H3,(H,22,23). The minimum absolute atomic E-state index is 0.0758. The molecule has 0 unspecified atom stereocenters. The summed E-state index contributed by atoms with van der Waals surface area (Å²) < 4.78 is 12.2. The SMILES string of the molecule is COc1cc(CNc2ccc(NC(C)=O)cc2)c(Br)cc1OC(C)C. The molecule has 0 spiro atoms. The molecule has 0 radical (unpaired) electrons. The topological polar surface area (TPSA) is 59.6 Å². The molecule has 0 atom stereocenters. The minimum Gasteiger partial charge on any atom is -0.493 e. The summed E-state index contributed by atoms with van der Waals surface area (Å²) in [5, 5.41) is 6.10. The number of ether oxygens (including phenoxy) is 2. The van der Waals surface area contributed by atoms with Crippen LogP contribution in [0, 0.1) is 0 Å². The zero-order valence-corrected chi connectivity index (χ0v) is 16.4. The maximum absolute atomic E-state index is 11.0. The van der Waals surface area contributed by atoms with E-state index in [9.17, 15) is 4.79 Å². The predicted octanol–water partition coefficient (Wildman–Crippen LogP) is 4.82. The van der Waals surface area contributed by atoms with Crippen molar-refractivity contribution < 1.29 is 14.3 Å². The van der Waals surface area contributed by atoms with E-state index in [1.165, 1.54) is 6.92 Å². The lowest BCUT2D eigenvalue weighted by atomic mass is 10.2. The molecule has 0 fully saturated rings. The number of benzene rings is 2. The molecule has 2 rings (SSSR count). The zero-order chi connectivity index (χ0) is 18.4. The first-order valence-electron chi connectivity index (χ1n) is 8.03. The van der Waals surface area contributed by atoms with Gasteiger partial charge >= 0.3 is 0 Å². The van der Waals surface area contributed by atoms with Crippen LogP contribution in [0.3, 0.4) is 0 Å². The van der Waals surface area contributed by atoms with E-state index < -0.39 is 0 Å². The Labute approximate surface area is 156 Å². The lowest BCUT2D eigenvalue weighted by Gasteiger charge is -2.16. The van der Waals surface area contributed by atoms with Gasteiger partial charge in [-0.3, -0.25) is 4.79 Å². The summed E-state index contributed by atoms with van der Waals surface area (Å²) in [6, 6.07) is 11.5. The van der Waals surface area contributed by atoms with E-state index in [-0.39, 0.29) is 12.0 Å². The van der Waals surface area contributed by atoms with Gasteiger partial charge < -0.3 is 20.1 Å². The number of rotatable bonds is 7. The molecule has 5 nitrogen and oxygen atoms in total. The number of amides is 1. The summed E-state index contributed by atoms with van der Waals surface area (Å²) in [6.07, 6.45) is 0.0758. The zero-order valence-electron chi connectivity index (χ0n) is 14.9. The molecule has 0 bridgehead atoms. The van der Waals surface area contributed by atoms with Crippen molar-refractivity contribution in [2.75, 3.05) is 17.7 Å². The largest absolute Gasteiger partial charge is 0.493 e. The third kappa shape index (κ3) is 5.67. The number of hydrogen-bond acceptors (Lipinski definition) is 4. The second kappa shape index (κ2) is 8.76. The van der Waals surface area contributed by atoms with E-state index in [1.807, 2.05) is 50.2 Å². The molecule has 6 heteroatoms. The first-order valence-corrected chi connectivity index (χ1v) is 8.83. The Bertz CT molecular complexity index is 730. The fourth-order valence-electron chi connectivity index (χ4n) is 2.29. The first-order chi connectivity index (χ1) is 11.9. The summed E-state index contributed by atoms with van der Waals surface area (Å²) in [6.45, 7) is 6.07. The van der Waals surface area contributed by atoms with Crippen molar-refractivity contribution in [1.82, 2.24) is 0 Å². The molecule has 0 saturated heterocycles. The van der Waals surface area contributed by atoms with Crippen molar-refractivity contribution in [3.63, 3.8) is 0 Å². The first kappa shape index (κ1) is 19.1. The highest BCUT2D eigenvalue weighted by atomic mass is 79.9. The van der Waals surface area contributed by atoms with Crippen LogP contribution in [0.2, 0.25) is 0 Å². The molecule has 134 valence electrons. The molecule has 0 heterocycles. The molecule has 25 heavy (non-hydrogen) atoms. The average molecular weight is 407 g/mol. The highest BCUT2D eigenvalue weighted by Gasteiger charge is 2.11. The van der Waals surface area contributed by atoms with Gasteiger partial charge in [0.05, 0.1) is 13.2 Å². The molecule has 0 aliphatic carbocycles. The van der Waals surface area contributed by atoms with Gasteiger partial charge in [-0.05, 0) is 55.8 Å². The van der Waals surface area contributed by atoms with Crippen molar-refractivity contribution in [1.29, 1.82) is 0 Å². The lowest BCUT2D eigenvalue weighted by Crippen LogP contribution is -2.08. The van der Waals surface area contributed by atoms with Gasteiger partial charge in [0.1, 0.15) is 0 Å². The van der Waals surface area contributed by atoms with E-state index in [1.54, 1.807) is 7.11 Å². The Morgan fingerprint density at radius 2 is 1.76 bits per heavy atom. The number of hydrogen-bond donors (Lipinski definition) is 2. The second-order valence-electron chi connectivity index (χ2n) is 5.87. The van der Waals surface area contributed by atoms with Gasteiger partial charge in [0.25, 0.3) is 0 Å². The van der Waals surface area contributed by atoms with Crippen molar-refractivity contribution in [2.45, 2.75) is 33.4 Å². The summed E-state index contributed by atoms with van der Waals surface area (Å²) in [5.41, 5.74) is 2.79. The quantitative estimate of drug-likeness (QED) is 0.691. The van der Waals surface area contributed by atoms with Crippen LogP contribution in [-0.4, -0.2) is 19.1 Å². The molecule has 2 aromatic carbocycles. The van der Waals surface area contributed by atoms with Crippen LogP contribution in [0.25, 0.3) is 0 Å². The molecule has 0 aliphatic heterocycles. The Kier molecular flexibility index (Phi) is 6.70. The van der Waals surface area contributed by atoms with Crippen LogP contribution < -0.4 is 20.1 Å². The molecule has 0 aromatic heterocycles. The van der Waals surface area contributed by atoms with E-state index in [4.69, 9.17) is 9.47 Å². The van der Waals surface area contributed by atoms with Crippen LogP contribution in [-0.2, 0) is 11.3 Å². The maximum atomic E-state index is 11.0. The fraction of sp³-hybridized carbons (Fsp3) is 0.316. The number of halogens is 1. The lowest BCUT2D eigenvalue weighted by molar-refractivity contribution is -0.114. The molecular weight excluding hydrogens is 384 g/mol. The highest BCUT2D eigenvalue weighted by Crippen LogP contribution is 2.34. The molecule has 2 aromatic rings. The van der Waals surface area contributed by atoms with Gasteiger partial charge in [-0.1, -0.05) is 15.9 Å². The Morgan fingerprint density at radius 1 is 1.12 bits per heavy atom. The molecule has 2 N–H and O–H groups in total. The van der Waals surface area contributed by atoms with E-state index in [0.717, 1.165) is 21.4 Å². The van der Waals surface area contributed by atoms with Gasteiger partial charge in [-0.2, -0.15) is 0 Å². The van der Waals surface area contributed by atoms with Crippen molar-refractivity contribution in [2.24, 2.45) is 0 Å². The number of carbonyl (C=O) groups excluding carboxylic acids is 1. The summed E-state index contributed by atoms with van der Waals surface area (Å²) in [4.78, 5) is 11.0. The normalized spacial score (nSPS) is 10.5. The van der Waals surface area contributed by atoms with E-state index >= 15 is 0 Å². The Balaban J connectivity index is 2.08. The molecule has 0 aliphatic rings. The van der Waals surface area contributed by atoms with Gasteiger partial charge in [-0.25, -0.2) is 0 Å². The van der Waals surface area contributed by atoms with E-state index in [2.05, 4.69) is 26.6 Å². The van der Waals surface area contributed by atoms with Gasteiger partial charge in [0.15, 0.2) is 11.5 Å². The number of nitrogens with one attached hydrogen (secondary N) is 2. The Morgan fingerprint density at radius 3 is 2.32 bits per heavy atom.